The van der Waals surface area contributed by atoms with Gasteiger partial charge in [-0.05, 0) is 18.1 Å². The first-order valence-corrected chi connectivity index (χ1v) is 5.61. The second kappa shape index (κ2) is 4.51. The Morgan fingerprint density at radius 2 is 2.33 bits per heavy atom. The predicted octanol–water partition coefficient (Wildman–Crippen LogP) is 2.12. The van der Waals surface area contributed by atoms with Gasteiger partial charge in [-0.3, -0.25) is 4.98 Å². The Labute approximate surface area is 92.5 Å². The second-order valence-electron chi connectivity index (χ2n) is 3.44. The molecule has 0 radical (unpaired) electrons. The summed E-state index contributed by atoms with van der Waals surface area (Å²) in [5.41, 5.74) is 1.91. The van der Waals surface area contributed by atoms with Gasteiger partial charge in [-0.15, -0.1) is 11.3 Å². The van der Waals surface area contributed by atoms with Crippen molar-refractivity contribution in [2.45, 2.75) is 19.4 Å². The van der Waals surface area contributed by atoms with E-state index in [0.29, 0.717) is 6.42 Å². The monoisotopic (exact) mass is 220 g/mol. The summed E-state index contributed by atoms with van der Waals surface area (Å²) in [6.45, 7) is 1.96. The number of nitrogens with zero attached hydrogens (tertiary/aromatic N) is 2. The van der Waals surface area contributed by atoms with Gasteiger partial charge in [0.2, 0.25) is 0 Å². The molecule has 1 atom stereocenters. The van der Waals surface area contributed by atoms with Gasteiger partial charge in [0, 0.05) is 30.4 Å². The Kier molecular flexibility index (Phi) is 3.08. The topological polar surface area (TPSA) is 46.0 Å². The van der Waals surface area contributed by atoms with Crippen LogP contribution in [-0.2, 0) is 6.42 Å². The van der Waals surface area contributed by atoms with E-state index in [4.69, 9.17) is 0 Å². The summed E-state index contributed by atoms with van der Waals surface area (Å²) >= 11 is 1.56. The lowest BCUT2D eigenvalue weighted by Gasteiger charge is -2.08. The van der Waals surface area contributed by atoms with Crippen molar-refractivity contribution in [3.05, 3.63) is 46.2 Å². The number of pyridine rings is 1. The molecule has 0 aliphatic carbocycles. The molecule has 0 bridgehead atoms. The molecular weight excluding hydrogens is 208 g/mol. The summed E-state index contributed by atoms with van der Waals surface area (Å²) < 4.78 is 0. The van der Waals surface area contributed by atoms with Gasteiger partial charge in [0.05, 0.1) is 11.1 Å². The van der Waals surface area contributed by atoms with Crippen molar-refractivity contribution in [1.29, 1.82) is 0 Å². The third kappa shape index (κ3) is 2.61. The average molecular weight is 220 g/mol. The number of aliphatic hydroxyl groups excluding tert-OH is 1. The number of aliphatic hydroxyl groups is 1. The first-order chi connectivity index (χ1) is 7.25. The molecule has 0 aromatic carbocycles. The second-order valence-corrected chi connectivity index (χ2v) is 4.42. The molecular formula is C11H12N2OS. The lowest BCUT2D eigenvalue weighted by Crippen LogP contribution is -2.02. The minimum absolute atomic E-state index is 0.511. The molecule has 2 heterocycles. The van der Waals surface area contributed by atoms with Crippen molar-refractivity contribution in [2.75, 3.05) is 0 Å². The van der Waals surface area contributed by atoms with Crippen molar-refractivity contribution in [3.8, 4) is 0 Å². The highest BCUT2D eigenvalue weighted by molar-refractivity contribution is 7.09. The third-order valence-electron chi connectivity index (χ3n) is 2.13. The number of aryl methyl sites for hydroxylation is 1. The highest BCUT2D eigenvalue weighted by Gasteiger charge is 2.10. The molecule has 0 aliphatic rings. The Morgan fingerprint density at radius 3 is 3.00 bits per heavy atom. The van der Waals surface area contributed by atoms with E-state index in [-0.39, 0.29) is 0 Å². The van der Waals surface area contributed by atoms with Crippen LogP contribution >= 0.6 is 11.3 Å². The minimum atomic E-state index is -0.511. The molecule has 2 aromatic heterocycles. The maximum Gasteiger partial charge on any atom is 0.0954 e. The van der Waals surface area contributed by atoms with Gasteiger partial charge in [-0.25, -0.2) is 4.98 Å². The van der Waals surface area contributed by atoms with E-state index in [2.05, 4.69) is 9.97 Å². The van der Waals surface area contributed by atoms with E-state index in [0.717, 1.165) is 16.1 Å². The van der Waals surface area contributed by atoms with Gasteiger partial charge in [0.15, 0.2) is 0 Å². The minimum Gasteiger partial charge on any atom is -0.388 e. The van der Waals surface area contributed by atoms with E-state index < -0.39 is 6.10 Å². The maximum absolute atomic E-state index is 9.94. The highest BCUT2D eigenvalue weighted by atomic mass is 32.1. The van der Waals surface area contributed by atoms with E-state index in [1.807, 2.05) is 18.4 Å². The van der Waals surface area contributed by atoms with E-state index in [1.54, 1.807) is 29.9 Å². The molecule has 1 N–H and O–H groups in total. The van der Waals surface area contributed by atoms with Crippen LogP contribution in [0.4, 0.5) is 0 Å². The van der Waals surface area contributed by atoms with Gasteiger partial charge in [-0.2, -0.15) is 0 Å². The zero-order valence-electron chi connectivity index (χ0n) is 8.42. The first kappa shape index (κ1) is 10.3. The summed E-state index contributed by atoms with van der Waals surface area (Å²) in [6.07, 6.45) is 5.28. The molecule has 2 rings (SSSR count). The Hall–Kier alpha value is -1.26. The Balaban J connectivity index is 2.11. The number of rotatable bonds is 3. The molecule has 4 heteroatoms. The average Bonchev–Trinajstić information content (AvgIpc) is 2.70. The molecule has 15 heavy (non-hydrogen) atoms. The molecule has 0 fully saturated rings. The van der Waals surface area contributed by atoms with E-state index >= 15 is 0 Å². The lowest BCUT2D eigenvalue weighted by atomic mass is 10.1. The van der Waals surface area contributed by atoms with Crippen LogP contribution in [0.2, 0.25) is 0 Å². The fraction of sp³-hybridized carbons (Fsp3) is 0.273. The number of thiazole rings is 1. The predicted molar refractivity (Wildman–Crippen MR) is 59.8 cm³/mol. The number of aromatic nitrogens is 2. The van der Waals surface area contributed by atoms with Crippen molar-refractivity contribution in [2.24, 2.45) is 0 Å². The Morgan fingerprint density at radius 1 is 1.47 bits per heavy atom. The zero-order chi connectivity index (χ0) is 10.7. The molecule has 0 aliphatic heterocycles. The summed E-state index contributed by atoms with van der Waals surface area (Å²) in [5.74, 6) is 0. The normalized spacial score (nSPS) is 12.7. The van der Waals surface area contributed by atoms with Gasteiger partial charge in [0.25, 0.3) is 0 Å². The molecule has 2 aromatic rings. The summed E-state index contributed by atoms with van der Waals surface area (Å²) in [6, 6.07) is 1.95. The standard InChI is InChI=1S/C11H12N2OS/c1-8-4-9(7-12-6-8)10(14)5-11-13-2-3-15-11/h2-4,6-7,10,14H,5H2,1H3. The van der Waals surface area contributed by atoms with Crippen LogP contribution in [0.5, 0.6) is 0 Å². The van der Waals surface area contributed by atoms with Crippen LogP contribution in [0.15, 0.2) is 30.0 Å². The van der Waals surface area contributed by atoms with Crippen molar-refractivity contribution in [3.63, 3.8) is 0 Å². The van der Waals surface area contributed by atoms with Crippen LogP contribution in [0.25, 0.3) is 0 Å². The molecule has 78 valence electrons. The number of hydrogen-bond acceptors (Lipinski definition) is 4. The van der Waals surface area contributed by atoms with E-state index in [9.17, 15) is 5.11 Å². The molecule has 3 nitrogen and oxygen atoms in total. The molecule has 0 spiro atoms. The van der Waals surface area contributed by atoms with Gasteiger partial charge < -0.3 is 5.11 Å². The SMILES string of the molecule is Cc1cncc(C(O)Cc2nccs2)c1. The highest BCUT2D eigenvalue weighted by Crippen LogP contribution is 2.19. The van der Waals surface area contributed by atoms with Crippen molar-refractivity contribution >= 4 is 11.3 Å². The van der Waals surface area contributed by atoms with E-state index in [1.165, 1.54) is 0 Å². The fourth-order valence-corrected chi connectivity index (χ4v) is 2.05. The molecule has 0 saturated heterocycles. The molecule has 1 unspecified atom stereocenters. The van der Waals surface area contributed by atoms with Crippen LogP contribution in [0.1, 0.15) is 22.2 Å². The van der Waals surface area contributed by atoms with Crippen LogP contribution in [0, 0.1) is 6.92 Å². The summed E-state index contributed by atoms with van der Waals surface area (Å²) in [7, 11) is 0. The smallest absolute Gasteiger partial charge is 0.0954 e. The fourth-order valence-electron chi connectivity index (χ4n) is 1.40. The van der Waals surface area contributed by atoms with Gasteiger partial charge >= 0.3 is 0 Å². The molecule has 0 saturated carbocycles. The van der Waals surface area contributed by atoms with Crippen LogP contribution in [0.3, 0.4) is 0 Å². The first-order valence-electron chi connectivity index (χ1n) is 4.73. The summed E-state index contributed by atoms with van der Waals surface area (Å²) in [4.78, 5) is 8.20. The van der Waals surface area contributed by atoms with Crippen molar-refractivity contribution in [1.82, 2.24) is 9.97 Å². The van der Waals surface area contributed by atoms with Crippen LogP contribution < -0.4 is 0 Å². The van der Waals surface area contributed by atoms with Gasteiger partial charge in [0.1, 0.15) is 0 Å². The van der Waals surface area contributed by atoms with Crippen molar-refractivity contribution < 1.29 is 5.11 Å². The largest absolute Gasteiger partial charge is 0.388 e. The Bertz CT molecular complexity index is 428. The quantitative estimate of drug-likeness (QED) is 0.861. The van der Waals surface area contributed by atoms with Gasteiger partial charge in [-0.1, -0.05) is 6.07 Å². The molecule has 0 amide bonds. The summed E-state index contributed by atoms with van der Waals surface area (Å²) in [5, 5.41) is 12.8. The zero-order valence-corrected chi connectivity index (χ0v) is 9.24. The number of hydrogen-bond donors (Lipinski definition) is 1. The van der Waals surface area contributed by atoms with Crippen LogP contribution in [-0.4, -0.2) is 15.1 Å². The lowest BCUT2D eigenvalue weighted by molar-refractivity contribution is 0.178. The maximum atomic E-state index is 9.94. The third-order valence-corrected chi connectivity index (χ3v) is 2.93.